The zero-order valence-corrected chi connectivity index (χ0v) is 22.9. The number of carbonyl (C=O) groups is 1. The first-order chi connectivity index (χ1) is 18.1. The zero-order valence-electron chi connectivity index (χ0n) is 22.9. The molecule has 2 aromatic rings. The fourth-order valence-corrected chi connectivity index (χ4v) is 4.02. The van der Waals surface area contributed by atoms with E-state index in [1.807, 2.05) is 52.0 Å². The lowest BCUT2D eigenvalue weighted by Gasteiger charge is -2.32. The van der Waals surface area contributed by atoms with Crippen molar-refractivity contribution in [3.05, 3.63) is 47.5 Å². The van der Waals surface area contributed by atoms with Gasteiger partial charge in [0.25, 0.3) is 0 Å². The summed E-state index contributed by atoms with van der Waals surface area (Å²) in [5, 5.41) is 0. The van der Waals surface area contributed by atoms with Crippen molar-refractivity contribution < 1.29 is 47.3 Å². The fraction of sp³-hybridized carbons (Fsp3) is 0.519. The van der Waals surface area contributed by atoms with Gasteiger partial charge in [-0.25, -0.2) is 0 Å². The second-order valence-corrected chi connectivity index (χ2v) is 10.0. The van der Waals surface area contributed by atoms with Crippen molar-refractivity contribution >= 4 is 18.4 Å². The average molecular weight is 530 g/mol. The number of ether oxygens (including phenoxy) is 7. The van der Waals surface area contributed by atoms with E-state index in [-0.39, 0.29) is 43.2 Å². The van der Waals surface area contributed by atoms with E-state index in [1.165, 1.54) is 21.3 Å². The molecule has 4 rings (SSSR count). The average Bonchev–Trinajstić information content (AvgIpc) is 3.65. The monoisotopic (exact) mass is 530 g/mol. The van der Waals surface area contributed by atoms with Crippen LogP contribution < -0.4 is 19.7 Å². The summed E-state index contributed by atoms with van der Waals surface area (Å²) in [6.45, 7) is 7.92. The molecule has 0 radical (unpaired) electrons. The molecule has 0 aliphatic carbocycles. The zero-order chi connectivity index (χ0) is 27.5. The molecule has 38 heavy (non-hydrogen) atoms. The summed E-state index contributed by atoms with van der Waals surface area (Å²) < 4.78 is 50.1. The molecule has 2 heterocycles. The molecule has 2 saturated heterocycles. The third kappa shape index (κ3) is 5.98. The van der Waals surface area contributed by atoms with E-state index < -0.39 is 30.5 Å². The predicted molar refractivity (Wildman–Crippen MR) is 138 cm³/mol. The Hall–Kier alpha value is -2.67. The molecule has 11 heteroatoms. The number of hydrogen-bond donors (Lipinski definition) is 0. The van der Waals surface area contributed by atoms with Crippen LogP contribution in [0.2, 0.25) is 0 Å². The number of ketones is 1. The first-order valence-corrected chi connectivity index (χ1v) is 12.3. The molecule has 0 bridgehead atoms. The largest absolute Gasteiger partial charge is 0.494 e. The molecule has 0 N–H and O–H groups in total. The Balaban J connectivity index is 1.54. The second kappa shape index (κ2) is 11.6. The van der Waals surface area contributed by atoms with Crippen molar-refractivity contribution in [2.24, 2.45) is 0 Å². The molecule has 2 fully saturated rings. The van der Waals surface area contributed by atoms with Crippen molar-refractivity contribution in [3.8, 4) is 17.2 Å². The topological polar surface area (TPSA) is 103 Å². The van der Waals surface area contributed by atoms with E-state index in [1.54, 1.807) is 12.1 Å². The van der Waals surface area contributed by atoms with Crippen LogP contribution in [0.5, 0.6) is 17.2 Å². The molecule has 2 aromatic carbocycles. The van der Waals surface area contributed by atoms with Gasteiger partial charge in [0.2, 0.25) is 5.78 Å². The van der Waals surface area contributed by atoms with Crippen molar-refractivity contribution in [1.29, 1.82) is 0 Å². The molecule has 0 saturated carbocycles. The van der Waals surface area contributed by atoms with Crippen molar-refractivity contribution in [3.63, 3.8) is 0 Å². The fourth-order valence-electron chi connectivity index (χ4n) is 4.02. The maximum Gasteiger partial charge on any atom is 0.494 e. The molecule has 0 aromatic heterocycles. The van der Waals surface area contributed by atoms with E-state index in [0.29, 0.717) is 5.75 Å². The highest BCUT2D eigenvalue weighted by Crippen LogP contribution is 2.45. The minimum absolute atomic E-state index is 0.0104. The summed E-state index contributed by atoms with van der Waals surface area (Å²) >= 11 is 0. The summed E-state index contributed by atoms with van der Waals surface area (Å²) in [6, 6.07) is 10.9. The van der Waals surface area contributed by atoms with Gasteiger partial charge in [0, 0.05) is 33.5 Å². The Kier molecular flexibility index (Phi) is 8.66. The molecule has 0 amide bonds. The number of Topliss-reactive ketones (excluding diaryl/α,β-unsaturated/α-hetero) is 1. The minimum atomic E-state index is -0.710. The first kappa shape index (κ1) is 28.3. The highest BCUT2D eigenvalue weighted by atomic mass is 16.7. The van der Waals surface area contributed by atoms with E-state index >= 15 is 0 Å². The molecule has 2 atom stereocenters. The molecule has 2 aliphatic rings. The van der Waals surface area contributed by atoms with Gasteiger partial charge in [0.1, 0.15) is 28.9 Å². The Bertz CT molecular complexity index is 1070. The number of carbonyl (C=O) groups excluding carboxylic acids is 1. The smallest absolute Gasteiger partial charge is 0.467 e. The lowest BCUT2D eigenvalue weighted by molar-refractivity contribution is 0.00578. The summed E-state index contributed by atoms with van der Waals surface area (Å²) in [7, 11) is 4.02. The Morgan fingerprint density at radius 2 is 1.32 bits per heavy atom. The van der Waals surface area contributed by atoms with E-state index in [4.69, 9.17) is 42.5 Å². The van der Waals surface area contributed by atoms with Gasteiger partial charge in [-0.3, -0.25) is 4.79 Å². The summed E-state index contributed by atoms with van der Waals surface area (Å²) in [5.41, 5.74) is 1.12. The normalized spacial score (nSPS) is 21.3. The molecule has 0 unspecified atom stereocenters. The number of methoxy groups -OCH3 is 3. The van der Waals surface area contributed by atoms with Gasteiger partial charge in [-0.2, -0.15) is 0 Å². The van der Waals surface area contributed by atoms with E-state index in [9.17, 15) is 4.79 Å². The van der Waals surface area contributed by atoms with E-state index in [0.717, 1.165) is 11.0 Å². The maximum absolute atomic E-state index is 13.6. The van der Waals surface area contributed by atoms with Crippen LogP contribution in [0.25, 0.3) is 0 Å². The van der Waals surface area contributed by atoms with Crippen molar-refractivity contribution in [2.45, 2.75) is 51.1 Å². The van der Waals surface area contributed by atoms with Gasteiger partial charge in [-0.05, 0) is 38.7 Å². The molecule has 10 nitrogen and oxygen atoms in total. The van der Waals surface area contributed by atoms with Crippen molar-refractivity contribution in [1.82, 2.24) is 0 Å². The molecule has 0 spiro atoms. The maximum atomic E-state index is 13.6. The van der Waals surface area contributed by atoms with Crippen LogP contribution in [0.3, 0.4) is 0 Å². The number of rotatable bonds is 13. The number of benzene rings is 2. The third-order valence-electron chi connectivity index (χ3n) is 6.83. The number of hydrogen-bond acceptors (Lipinski definition) is 10. The lowest BCUT2D eigenvalue weighted by atomic mass is 9.78. The summed E-state index contributed by atoms with van der Waals surface area (Å²) in [6.07, 6.45) is -1.12. The molecule has 2 aliphatic heterocycles. The van der Waals surface area contributed by atoms with Crippen LogP contribution in [0, 0.1) is 0 Å². The van der Waals surface area contributed by atoms with Crippen molar-refractivity contribution in [2.75, 3.05) is 41.7 Å². The van der Waals surface area contributed by atoms with Crippen LogP contribution in [0.15, 0.2) is 36.4 Å². The predicted octanol–water partition coefficient (Wildman–Crippen LogP) is 3.26. The second-order valence-electron chi connectivity index (χ2n) is 10.0. The van der Waals surface area contributed by atoms with Gasteiger partial charge >= 0.3 is 7.12 Å². The van der Waals surface area contributed by atoms with Crippen LogP contribution in [-0.2, 0) is 28.3 Å². The summed E-state index contributed by atoms with van der Waals surface area (Å²) in [4.78, 5) is 13.6. The highest BCUT2D eigenvalue weighted by molar-refractivity contribution is 6.62. The van der Waals surface area contributed by atoms with Gasteiger partial charge in [0.05, 0.1) is 11.2 Å². The Morgan fingerprint density at radius 3 is 1.82 bits per heavy atom. The third-order valence-corrected chi connectivity index (χ3v) is 6.83. The quantitative estimate of drug-likeness (QED) is 0.166. The standard InChI is InChI=1S/C27H35BO10/c1-26(2)27(3,4)38-28(37-26)18-10-8-17(9-11-18)24-25(36-24)23(29)22-20(34-15-31-6)12-19(33-14-30-5)13-21(22)35-16-32-7/h8-13,24-25H,14-16H2,1-7H3/t24-,25-/m1/s1. The molecular weight excluding hydrogens is 495 g/mol. The van der Waals surface area contributed by atoms with Crippen LogP contribution in [0.4, 0.5) is 0 Å². The van der Waals surface area contributed by atoms with Crippen LogP contribution >= 0.6 is 0 Å². The summed E-state index contributed by atoms with van der Waals surface area (Å²) in [5.74, 6) is 0.580. The number of epoxide rings is 1. The Morgan fingerprint density at radius 1 is 0.816 bits per heavy atom. The van der Waals surface area contributed by atoms with Crippen LogP contribution in [-0.4, -0.2) is 71.9 Å². The van der Waals surface area contributed by atoms with Gasteiger partial charge in [-0.15, -0.1) is 0 Å². The molecule has 206 valence electrons. The van der Waals surface area contributed by atoms with Gasteiger partial charge in [0.15, 0.2) is 26.5 Å². The minimum Gasteiger partial charge on any atom is -0.467 e. The molecular formula is C27H35BO10. The van der Waals surface area contributed by atoms with E-state index in [2.05, 4.69) is 0 Å². The van der Waals surface area contributed by atoms with Gasteiger partial charge < -0.3 is 42.5 Å². The SMILES string of the molecule is COCOc1cc(OCOC)c(C(=O)[C@H]2O[C@@H]2c2ccc(B3OC(C)(C)C(C)(C)O3)cc2)c(OCOC)c1. The Labute approximate surface area is 223 Å². The van der Waals surface area contributed by atoms with Gasteiger partial charge in [-0.1, -0.05) is 24.3 Å². The van der Waals surface area contributed by atoms with Crippen LogP contribution in [0.1, 0.15) is 49.7 Å². The first-order valence-electron chi connectivity index (χ1n) is 12.3. The highest BCUT2D eigenvalue weighted by Gasteiger charge is 2.52. The lowest BCUT2D eigenvalue weighted by Crippen LogP contribution is -2.41.